The molecule has 0 saturated heterocycles. The van der Waals surface area contributed by atoms with Crippen molar-refractivity contribution in [3.8, 4) is 0 Å². The van der Waals surface area contributed by atoms with E-state index in [1.165, 1.54) is 0 Å². The van der Waals surface area contributed by atoms with Gasteiger partial charge in [-0.1, -0.05) is 45.2 Å². The summed E-state index contributed by atoms with van der Waals surface area (Å²) >= 11 is 0. The van der Waals surface area contributed by atoms with Crippen LogP contribution in [0, 0.1) is 12.8 Å². The Bertz CT molecular complexity index is 629. The molecule has 0 aliphatic heterocycles. The minimum absolute atomic E-state index is 0.188. The van der Waals surface area contributed by atoms with Crippen molar-refractivity contribution in [1.29, 1.82) is 0 Å². The SMILES string of the molecule is CCCC[C@H](CC)CNC(=O)CN(c1cccc(C)c1)S(C)(=O)=O. The molecule has 1 N–H and O–H groups in total. The Morgan fingerprint density at radius 2 is 2.00 bits per heavy atom. The van der Waals surface area contributed by atoms with Gasteiger partial charge in [-0.2, -0.15) is 0 Å². The lowest BCUT2D eigenvalue weighted by molar-refractivity contribution is -0.119. The van der Waals surface area contributed by atoms with Crippen LogP contribution in [0.1, 0.15) is 45.1 Å². The number of hydrogen-bond donors (Lipinski definition) is 1. The molecule has 1 amide bonds. The van der Waals surface area contributed by atoms with E-state index >= 15 is 0 Å². The summed E-state index contributed by atoms with van der Waals surface area (Å²) in [7, 11) is -3.52. The summed E-state index contributed by atoms with van der Waals surface area (Å²) in [6.07, 6.45) is 5.50. The quantitative estimate of drug-likeness (QED) is 0.702. The van der Waals surface area contributed by atoms with Gasteiger partial charge in [-0.05, 0) is 37.0 Å². The van der Waals surface area contributed by atoms with Crippen LogP contribution in [0.4, 0.5) is 5.69 Å². The number of unbranched alkanes of at least 4 members (excludes halogenated alkanes) is 1. The van der Waals surface area contributed by atoms with Crippen LogP contribution in [0.5, 0.6) is 0 Å². The monoisotopic (exact) mass is 354 g/mol. The van der Waals surface area contributed by atoms with E-state index in [1.807, 2.05) is 13.0 Å². The highest BCUT2D eigenvalue weighted by atomic mass is 32.2. The van der Waals surface area contributed by atoms with E-state index in [-0.39, 0.29) is 12.5 Å². The summed E-state index contributed by atoms with van der Waals surface area (Å²) in [6, 6.07) is 7.16. The summed E-state index contributed by atoms with van der Waals surface area (Å²) in [4.78, 5) is 12.2. The van der Waals surface area contributed by atoms with Gasteiger partial charge in [-0.3, -0.25) is 9.10 Å². The van der Waals surface area contributed by atoms with Crippen LogP contribution in [-0.4, -0.2) is 33.7 Å². The van der Waals surface area contributed by atoms with Crippen LogP contribution >= 0.6 is 0 Å². The number of carbonyl (C=O) groups is 1. The van der Waals surface area contributed by atoms with E-state index in [2.05, 4.69) is 19.2 Å². The molecular formula is C18H30N2O3S. The molecule has 0 unspecified atom stereocenters. The minimum Gasteiger partial charge on any atom is -0.354 e. The fourth-order valence-electron chi connectivity index (χ4n) is 2.57. The first-order valence-electron chi connectivity index (χ1n) is 8.59. The molecule has 1 aromatic rings. The first kappa shape index (κ1) is 20.5. The average molecular weight is 355 g/mol. The lowest BCUT2D eigenvalue weighted by Crippen LogP contribution is -2.41. The van der Waals surface area contributed by atoms with Crippen molar-refractivity contribution in [3.05, 3.63) is 29.8 Å². The normalized spacial score (nSPS) is 12.7. The molecule has 5 nitrogen and oxygen atoms in total. The second-order valence-corrected chi connectivity index (χ2v) is 8.24. The Hall–Kier alpha value is -1.56. The smallest absolute Gasteiger partial charge is 0.240 e. The third-order valence-electron chi connectivity index (χ3n) is 4.11. The van der Waals surface area contributed by atoms with Gasteiger partial charge in [-0.25, -0.2) is 8.42 Å². The largest absolute Gasteiger partial charge is 0.354 e. The van der Waals surface area contributed by atoms with Crippen LogP contribution in [0.25, 0.3) is 0 Å². The second kappa shape index (κ2) is 9.67. The van der Waals surface area contributed by atoms with Crippen LogP contribution < -0.4 is 9.62 Å². The van der Waals surface area contributed by atoms with Crippen LogP contribution in [0.3, 0.4) is 0 Å². The first-order chi connectivity index (χ1) is 11.3. The standard InChI is InChI=1S/C18H30N2O3S/c1-5-7-10-16(6-2)13-19-18(21)14-20(24(4,22)23)17-11-8-9-15(3)12-17/h8-9,11-12,16H,5-7,10,13-14H2,1-4H3,(H,19,21)/t16-/m0/s1. The number of aryl methyl sites for hydroxylation is 1. The molecule has 0 aliphatic rings. The summed E-state index contributed by atoms with van der Waals surface area (Å²) in [5.41, 5.74) is 1.47. The molecule has 0 spiro atoms. The highest BCUT2D eigenvalue weighted by Crippen LogP contribution is 2.18. The van der Waals surface area contributed by atoms with Crippen LogP contribution in [0.2, 0.25) is 0 Å². The number of benzene rings is 1. The lowest BCUT2D eigenvalue weighted by Gasteiger charge is -2.23. The van der Waals surface area contributed by atoms with E-state index < -0.39 is 10.0 Å². The number of hydrogen-bond acceptors (Lipinski definition) is 3. The molecule has 1 atom stereocenters. The molecule has 0 aromatic heterocycles. The van der Waals surface area contributed by atoms with E-state index in [1.54, 1.807) is 18.2 Å². The lowest BCUT2D eigenvalue weighted by atomic mass is 9.99. The van der Waals surface area contributed by atoms with Gasteiger partial charge in [0.25, 0.3) is 0 Å². The molecule has 6 heteroatoms. The summed E-state index contributed by atoms with van der Waals surface area (Å²) in [5, 5.41) is 2.88. The number of amides is 1. The number of nitrogens with zero attached hydrogens (tertiary/aromatic N) is 1. The van der Waals surface area contributed by atoms with Crippen molar-refractivity contribution in [2.45, 2.75) is 46.5 Å². The van der Waals surface area contributed by atoms with Gasteiger partial charge in [0, 0.05) is 6.54 Å². The molecular weight excluding hydrogens is 324 g/mol. The predicted octanol–water partition coefficient (Wildman–Crippen LogP) is 3.09. The van der Waals surface area contributed by atoms with Crippen molar-refractivity contribution < 1.29 is 13.2 Å². The Balaban J connectivity index is 2.72. The third kappa shape index (κ3) is 6.91. The van der Waals surface area contributed by atoms with E-state index in [4.69, 9.17) is 0 Å². The van der Waals surface area contributed by atoms with Crippen molar-refractivity contribution >= 4 is 21.6 Å². The number of carbonyl (C=O) groups excluding carboxylic acids is 1. The van der Waals surface area contributed by atoms with Crippen LogP contribution in [-0.2, 0) is 14.8 Å². The number of nitrogens with one attached hydrogen (secondary N) is 1. The first-order valence-corrected chi connectivity index (χ1v) is 10.4. The summed E-state index contributed by atoms with van der Waals surface area (Å²) in [5.74, 6) is 0.177. The highest BCUT2D eigenvalue weighted by Gasteiger charge is 2.21. The molecule has 0 saturated carbocycles. The van der Waals surface area contributed by atoms with E-state index in [9.17, 15) is 13.2 Å². The Kier molecular flexibility index (Phi) is 8.25. The molecule has 136 valence electrons. The maximum atomic E-state index is 12.2. The number of rotatable bonds is 10. The van der Waals surface area contributed by atoms with Gasteiger partial charge in [-0.15, -0.1) is 0 Å². The molecule has 1 aromatic carbocycles. The number of anilines is 1. The summed E-state index contributed by atoms with van der Waals surface area (Å²) < 4.78 is 25.3. The Morgan fingerprint density at radius 3 is 2.54 bits per heavy atom. The summed E-state index contributed by atoms with van der Waals surface area (Å²) in [6.45, 7) is 6.57. The topological polar surface area (TPSA) is 66.5 Å². The zero-order valence-electron chi connectivity index (χ0n) is 15.2. The molecule has 0 heterocycles. The van der Waals surface area contributed by atoms with E-state index in [0.717, 1.165) is 41.8 Å². The predicted molar refractivity (Wildman–Crippen MR) is 99.7 cm³/mol. The van der Waals surface area contributed by atoms with Crippen molar-refractivity contribution in [2.75, 3.05) is 23.7 Å². The van der Waals surface area contributed by atoms with Gasteiger partial charge in [0.15, 0.2) is 0 Å². The minimum atomic E-state index is -3.52. The zero-order chi connectivity index (χ0) is 18.2. The van der Waals surface area contributed by atoms with Gasteiger partial charge < -0.3 is 5.32 Å². The third-order valence-corrected chi connectivity index (χ3v) is 5.25. The highest BCUT2D eigenvalue weighted by molar-refractivity contribution is 7.92. The van der Waals surface area contributed by atoms with Gasteiger partial charge >= 0.3 is 0 Å². The molecule has 0 radical (unpaired) electrons. The number of sulfonamides is 1. The second-order valence-electron chi connectivity index (χ2n) is 6.33. The molecule has 0 fully saturated rings. The fourth-order valence-corrected chi connectivity index (χ4v) is 3.42. The van der Waals surface area contributed by atoms with Gasteiger partial charge in [0.05, 0.1) is 11.9 Å². The van der Waals surface area contributed by atoms with Gasteiger partial charge in [0.2, 0.25) is 15.9 Å². The fraction of sp³-hybridized carbons (Fsp3) is 0.611. The maximum absolute atomic E-state index is 12.2. The molecule has 1 rings (SSSR count). The Morgan fingerprint density at radius 1 is 1.29 bits per heavy atom. The molecule has 24 heavy (non-hydrogen) atoms. The van der Waals surface area contributed by atoms with Crippen molar-refractivity contribution in [2.24, 2.45) is 5.92 Å². The van der Waals surface area contributed by atoms with Gasteiger partial charge in [0.1, 0.15) is 6.54 Å². The van der Waals surface area contributed by atoms with Crippen molar-refractivity contribution in [3.63, 3.8) is 0 Å². The van der Waals surface area contributed by atoms with Crippen molar-refractivity contribution in [1.82, 2.24) is 5.32 Å². The molecule has 0 bridgehead atoms. The zero-order valence-corrected chi connectivity index (χ0v) is 16.0. The Labute approximate surface area is 146 Å². The van der Waals surface area contributed by atoms with E-state index in [0.29, 0.717) is 18.2 Å². The maximum Gasteiger partial charge on any atom is 0.240 e. The molecule has 0 aliphatic carbocycles. The van der Waals surface area contributed by atoms with Crippen LogP contribution in [0.15, 0.2) is 24.3 Å². The average Bonchev–Trinajstić information content (AvgIpc) is 2.51.